The lowest BCUT2D eigenvalue weighted by Gasteiger charge is -2.14. The van der Waals surface area contributed by atoms with Gasteiger partial charge < -0.3 is 4.74 Å². The molecular weight excluding hydrogens is 282 g/mol. The number of fused-ring (bicyclic) bond motifs is 1. The van der Waals surface area contributed by atoms with Crippen molar-refractivity contribution >= 4 is 28.6 Å². The van der Waals surface area contributed by atoms with Crippen LogP contribution in [0.4, 0.5) is 0 Å². The van der Waals surface area contributed by atoms with Crippen molar-refractivity contribution in [3.8, 4) is 0 Å². The molecule has 114 valence electrons. The fraction of sp³-hybridized carbons (Fsp3) is 0.235. The Bertz CT molecular complexity index is 723. The zero-order chi connectivity index (χ0) is 16.1. The fourth-order valence-electron chi connectivity index (χ4n) is 2.29. The number of hydrogen-bond acceptors (Lipinski definition) is 4. The van der Waals surface area contributed by atoms with Crippen LogP contribution in [0.3, 0.4) is 0 Å². The molecule has 0 heterocycles. The summed E-state index contributed by atoms with van der Waals surface area (Å²) in [5, 5.41) is 4.24. The highest BCUT2D eigenvalue weighted by Crippen LogP contribution is 2.18. The van der Waals surface area contributed by atoms with Crippen molar-refractivity contribution in [2.75, 3.05) is 7.11 Å². The average molecular weight is 299 g/mol. The van der Waals surface area contributed by atoms with Gasteiger partial charge in [0.05, 0.1) is 7.11 Å². The first kappa shape index (κ1) is 15.7. The molecule has 0 saturated carbocycles. The van der Waals surface area contributed by atoms with Crippen LogP contribution in [-0.2, 0) is 25.5 Å². The van der Waals surface area contributed by atoms with Crippen LogP contribution in [0.15, 0.2) is 42.5 Å². The maximum absolute atomic E-state index is 12.0. The zero-order valence-corrected chi connectivity index (χ0v) is 12.5. The van der Waals surface area contributed by atoms with Gasteiger partial charge in [-0.25, -0.2) is 0 Å². The van der Waals surface area contributed by atoms with Crippen LogP contribution in [0.5, 0.6) is 0 Å². The summed E-state index contributed by atoms with van der Waals surface area (Å²) in [6, 6.07) is 13.5. The summed E-state index contributed by atoms with van der Waals surface area (Å²) >= 11 is 0. The lowest BCUT2D eigenvalue weighted by Crippen LogP contribution is -2.39. The van der Waals surface area contributed by atoms with Gasteiger partial charge in [0.1, 0.15) is 5.92 Å². The second kappa shape index (κ2) is 6.85. The molecule has 0 aliphatic rings. The van der Waals surface area contributed by atoms with Crippen molar-refractivity contribution in [3.05, 3.63) is 48.0 Å². The third kappa shape index (κ3) is 3.69. The highest BCUT2D eigenvalue weighted by atomic mass is 16.5. The number of esters is 1. The summed E-state index contributed by atoms with van der Waals surface area (Å²) in [6.45, 7) is 1.22. The molecule has 1 N–H and O–H groups in total. The Morgan fingerprint density at radius 3 is 2.41 bits per heavy atom. The molecule has 22 heavy (non-hydrogen) atoms. The molecule has 2 aromatic carbocycles. The smallest absolute Gasteiger partial charge is 0.318 e. The molecule has 1 atom stereocenters. The molecule has 0 fully saturated rings. The lowest BCUT2D eigenvalue weighted by molar-refractivity contribution is -0.150. The number of nitrogens with one attached hydrogen (secondary N) is 1. The van der Waals surface area contributed by atoms with Gasteiger partial charge in [0.25, 0.3) is 0 Å². The topological polar surface area (TPSA) is 72.5 Å². The van der Waals surface area contributed by atoms with Gasteiger partial charge in [0.2, 0.25) is 11.8 Å². The molecule has 0 aliphatic carbocycles. The third-order valence-corrected chi connectivity index (χ3v) is 3.36. The highest BCUT2D eigenvalue weighted by Gasteiger charge is 2.28. The molecule has 0 spiro atoms. The predicted octanol–water partition coefficient (Wildman–Crippen LogP) is 1.83. The number of amides is 2. The minimum Gasteiger partial charge on any atom is -0.468 e. The standard InChI is InChI=1S/C17H17NO4/c1-11(19)18-16(20)15(17(21)22-2)10-12-7-8-13-5-3-4-6-14(13)9-12/h3-9,15H,10H2,1-2H3,(H,18,19,20). The number of carbonyl (C=O) groups excluding carboxylic acids is 3. The van der Waals surface area contributed by atoms with Gasteiger partial charge in [-0.2, -0.15) is 0 Å². The van der Waals surface area contributed by atoms with E-state index in [1.54, 1.807) is 0 Å². The van der Waals surface area contributed by atoms with Crippen LogP contribution in [0.1, 0.15) is 12.5 Å². The summed E-state index contributed by atoms with van der Waals surface area (Å²) in [5.41, 5.74) is 0.827. The summed E-state index contributed by atoms with van der Waals surface area (Å²) in [4.78, 5) is 34.8. The van der Waals surface area contributed by atoms with Crippen molar-refractivity contribution in [1.82, 2.24) is 5.32 Å². The van der Waals surface area contributed by atoms with E-state index < -0.39 is 23.7 Å². The number of ether oxygens (including phenoxy) is 1. The number of benzene rings is 2. The molecule has 0 bridgehead atoms. The maximum atomic E-state index is 12.0. The first-order valence-electron chi connectivity index (χ1n) is 6.88. The van der Waals surface area contributed by atoms with E-state index in [2.05, 4.69) is 10.1 Å². The van der Waals surface area contributed by atoms with Crippen LogP contribution < -0.4 is 5.32 Å². The number of carbonyl (C=O) groups is 3. The number of hydrogen-bond donors (Lipinski definition) is 1. The van der Waals surface area contributed by atoms with Crippen LogP contribution >= 0.6 is 0 Å². The molecule has 0 aliphatic heterocycles. The van der Waals surface area contributed by atoms with E-state index in [1.807, 2.05) is 42.5 Å². The second-order valence-corrected chi connectivity index (χ2v) is 5.01. The molecule has 0 radical (unpaired) electrons. The van der Waals surface area contributed by atoms with Crippen molar-refractivity contribution < 1.29 is 19.1 Å². The normalized spacial score (nSPS) is 11.7. The van der Waals surface area contributed by atoms with Crippen LogP contribution in [-0.4, -0.2) is 24.9 Å². The van der Waals surface area contributed by atoms with E-state index in [-0.39, 0.29) is 6.42 Å². The summed E-state index contributed by atoms with van der Waals surface area (Å²) in [6.07, 6.45) is 0.177. The summed E-state index contributed by atoms with van der Waals surface area (Å²) in [7, 11) is 1.22. The molecule has 0 saturated heterocycles. The number of rotatable bonds is 4. The van der Waals surface area contributed by atoms with Crippen LogP contribution in [0.25, 0.3) is 10.8 Å². The second-order valence-electron chi connectivity index (χ2n) is 5.01. The molecule has 1 unspecified atom stereocenters. The monoisotopic (exact) mass is 299 g/mol. The quantitative estimate of drug-likeness (QED) is 0.690. The summed E-state index contributed by atoms with van der Waals surface area (Å²) < 4.78 is 4.66. The van der Waals surface area contributed by atoms with Gasteiger partial charge in [-0.05, 0) is 22.8 Å². The zero-order valence-electron chi connectivity index (χ0n) is 12.5. The van der Waals surface area contributed by atoms with Gasteiger partial charge in [-0.1, -0.05) is 42.5 Å². The predicted molar refractivity (Wildman–Crippen MR) is 82.0 cm³/mol. The van der Waals surface area contributed by atoms with Gasteiger partial charge in [0, 0.05) is 6.92 Å². The molecule has 2 aromatic rings. The van der Waals surface area contributed by atoms with E-state index in [4.69, 9.17) is 0 Å². The molecule has 2 rings (SSSR count). The van der Waals surface area contributed by atoms with E-state index >= 15 is 0 Å². The van der Waals surface area contributed by atoms with E-state index in [0.29, 0.717) is 0 Å². The highest BCUT2D eigenvalue weighted by molar-refractivity contribution is 6.04. The fourth-order valence-corrected chi connectivity index (χ4v) is 2.29. The Labute approximate surface area is 128 Å². The first-order valence-corrected chi connectivity index (χ1v) is 6.88. The Morgan fingerprint density at radius 1 is 1.09 bits per heavy atom. The Kier molecular flexibility index (Phi) is 4.88. The van der Waals surface area contributed by atoms with Gasteiger partial charge in [-0.15, -0.1) is 0 Å². The van der Waals surface area contributed by atoms with E-state index in [1.165, 1.54) is 14.0 Å². The molecule has 2 amide bonds. The van der Waals surface area contributed by atoms with Crippen LogP contribution in [0.2, 0.25) is 0 Å². The summed E-state index contributed by atoms with van der Waals surface area (Å²) in [5.74, 6) is -2.85. The van der Waals surface area contributed by atoms with E-state index in [9.17, 15) is 14.4 Å². The van der Waals surface area contributed by atoms with Crippen molar-refractivity contribution in [2.24, 2.45) is 5.92 Å². The van der Waals surface area contributed by atoms with Crippen molar-refractivity contribution in [2.45, 2.75) is 13.3 Å². The minimum atomic E-state index is -1.05. The Hall–Kier alpha value is -2.69. The maximum Gasteiger partial charge on any atom is 0.318 e. The van der Waals surface area contributed by atoms with E-state index in [0.717, 1.165) is 16.3 Å². The molecule has 5 heteroatoms. The molecular formula is C17H17NO4. The largest absolute Gasteiger partial charge is 0.468 e. The van der Waals surface area contributed by atoms with Crippen LogP contribution in [0, 0.1) is 5.92 Å². The number of imide groups is 1. The van der Waals surface area contributed by atoms with Crippen molar-refractivity contribution in [1.29, 1.82) is 0 Å². The van der Waals surface area contributed by atoms with Gasteiger partial charge in [-0.3, -0.25) is 19.7 Å². The SMILES string of the molecule is COC(=O)C(Cc1ccc2ccccc2c1)C(=O)NC(C)=O. The molecule has 5 nitrogen and oxygen atoms in total. The Balaban J connectivity index is 2.26. The average Bonchev–Trinajstić information content (AvgIpc) is 2.51. The third-order valence-electron chi connectivity index (χ3n) is 3.36. The molecule has 0 aromatic heterocycles. The Morgan fingerprint density at radius 2 is 1.77 bits per heavy atom. The van der Waals surface area contributed by atoms with Gasteiger partial charge >= 0.3 is 5.97 Å². The lowest BCUT2D eigenvalue weighted by atomic mass is 9.96. The van der Waals surface area contributed by atoms with Crippen molar-refractivity contribution in [3.63, 3.8) is 0 Å². The minimum absolute atomic E-state index is 0.177. The first-order chi connectivity index (χ1) is 10.5. The number of methoxy groups -OCH3 is 1. The van der Waals surface area contributed by atoms with Gasteiger partial charge in [0.15, 0.2) is 0 Å².